The van der Waals surface area contributed by atoms with Gasteiger partial charge in [-0.3, -0.25) is 4.98 Å². The van der Waals surface area contributed by atoms with Crippen molar-refractivity contribution < 1.29 is 4.39 Å². The van der Waals surface area contributed by atoms with Crippen LogP contribution < -0.4 is 0 Å². The molecule has 0 saturated heterocycles. The van der Waals surface area contributed by atoms with E-state index < -0.39 is 5.67 Å². The predicted molar refractivity (Wildman–Crippen MR) is 119 cm³/mol. The SMILES string of the molecule is C=C(C)c1ccc(-c2ccccn2)cc1.CCc1cc(C)cc(C(C)(C)F)c1. The van der Waals surface area contributed by atoms with Crippen molar-refractivity contribution in [2.24, 2.45) is 0 Å². The van der Waals surface area contributed by atoms with Gasteiger partial charge in [0.1, 0.15) is 5.67 Å². The molecule has 146 valence electrons. The van der Waals surface area contributed by atoms with E-state index in [9.17, 15) is 4.39 Å². The molecule has 0 atom stereocenters. The summed E-state index contributed by atoms with van der Waals surface area (Å²) in [4.78, 5) is 4.30. The summed E-state index contributed by atoms with van der Waals surface area (Å²) in [5.74, 6) is 0. The number of nitrogens with zero attached hydrogens (tertiary/aromatic N) is 1. The number of hydrogen-bond acceptors (Lipinski definition) is 1. The fourth-order valence-electron chi connectivity index (χ4n) is 2.87. The number of halogens is 1. The van der Waals surface area contributed by atoms with Crippen molar-refractivity contribution in [1.82, 2.24) is 4.98 Å². The van der Waals surface area contributed by atoms with E-state index in [-0.39, 0.29) is 0 Å². The Morgan fingerprint density at radius 2 is 1.71 bits per heavy atom. The molecule has 0 fully saturated rings. The third-order valence-corrected chi connectivity index (χ3v) is 4.57. The Kier molecular flexibility index (Phi) is 7.28. The lowest BCUT2D eigenvalue weighted by Crippen LogP contribution is -2.09. The number of benzene rings is 2. The van der Waals surface area contributed by atoms with E-state index in [1.807, 2.05) is 50.4 Å². The van der Waals surface area contributed by atoms with Gasteiger partial charge in [-0.05, 0) is 62.9 Å². The largest absolute Gasteiger partial charge is 0.256 e. The smallest absolute Gasteiger partial charge is 0.130 e. The van der Waals surface area contributed by atoms with E-state index in [4.69, 9.17) is 0 Å². The molecule has 0 aliphatic heterocycles. The molecule has 0 amide bonds. The molecule has 0 saturated carbocycles. The molecular weight excluding hydrogens is 345 g/mol. The van der Waals surface area contributed by atoms with E-state index in [2.05, 4.69) is 48.8 Å². The minimum atomic E-state index is -1.23. The van der Waals surface area contributed by atoms with Crippen LogP contribution in [0.25, 0.3) is 16.8 Å². The summed E-state index contributed by atoms with van der Waals surface area (Å²) in [5, 5.41) is 0. The molecule has 1 aromatic heterocycles. The Labute approximate surface area is 169 Å². The molecule has 0 unspecified atom stereocenters. The second-order valence-corrected chi connectivity index (χ2v) is 7.61. The third-order valence-electron chi connectivity index (χ3n) is 4.57. The summed E-state index contributed by atoms with van der Waals surface area (Å²) in [6, 6.07) is 20.2. The first kappa shape index (κ1) is 21.6. The molecule has 2 aromatic carbocycles. The Morgan fingerprint density at radius 1 is 1.04 bits per heavy atom. The highest BCUT2D eigenvalue weighted by Crippen LogP contribution is 2.26. The number of rotatable bonds is 4. The summed E-state index contributed by atoms with van der Waals surface area (Å²) in [6.45, 7) is 13.2. The average Bonchev–Trinajstić information content (AvgIpc) is 2.68. The Balaban J connectivity index is 0.000000203. The van der Waals surface area contributed by atoms with Crippen LogP contribution in [0.2, 0.25) is 0 Å². The summed E-state index contributed by atoms with van der Waals surface area (Å²) in [7, 11) is 0. The first-order valence-corrected chi connectivity index (χ1v) is 9.68. The summed E-state index contributed by atoms with van der Waals surface area (Å²) in [5.41, 5.74) is 6.31. The van der Waals surface area contributed by atoms with Crippen LogP contribution >= 0.6 is 0 Å². The highest BCUT2D eigenvalue weighted by molar-refractivity contribution is 5.66. The number of alkyl halides is 1. The van der Waals surface area contributed by atoms with Crippen LogP contribution in [-0.4, -0.2) is 4.98 Å². The van der Waals surface area contributed by atoms with Crippen molar-refractivity contribution >= 4 is 5.57 Å². The molecule has 1 nitrogen and oxygen atoms in total. The molecule has 0 spiro atoms. The highest BCUT2D eigenvalue weighted by Gasteiger charge is 2.18. The van der Waals surface area contributed by atoms with Gasteiger partial charge in [0, 0.05) is 11.8 Å². The zero-order valence-electron chi connectivity index (χ0n) is 17.6. The Hall–Kier alpha value is -2.74. The van der Waals surface area contributed by atoms with Crippen molar-refractivity contribution in [1.29, 1.82) is 0 Å². The van der Waals surface area contributed by atoms with E-state index in [1.165, 1.54) is 11.1 Å². The lowest BCUT2D eigenvalue weighted by Gasteiger charge is -2.16. The van der Waals surface area contributed by atoms with Crippen molar-refractivity contribution in [2.75, 3.05) is 0 Å². The zero-order valence-corrected chi connectivity index (χ0v) is 17.6. The monoisotopic (exact) mass is 375 g/mol. The van der Waals surface area contributed by atoms with Gasteiger partial charge in [0.2, 0.25) is 0 Å². The van der Waals surface area contributed by atoms with Crippen LogP contribution in [0.3, 0.4) is 0 Å². The summed E-state index contributed by atoms with van der Waals surface area (Å²) in [6.07, 6.45) is 2.77. The molecule has 3 rings (SSSR count). The standard InChI is InChI=1S/C14H13N.C12H17F/c1-11(2)12-6-8-13(9-7-12)14-5-3-4-10-15-14;1-5-10-6-9(2)7-11(8-10)12(3,4)13/h3-10H,1H2,2H3;6-8H,5H2,1-4H3. The number of pyridine rings is 1. The number of aryl methyl sites for hydroxylation is 2. The Morgan fingerprint density at radius 3 is 2.21 bits per heavy atom. The number of allylic oxidation sites excluding steroid dienone is 1. The molecule has 2 heteroatoms. The summed E-state index contributed by atoms with van der Waals surface area (Å²) < 4.78 is 13.6. The fourth-order valence-corrected chi connectivity index (χ4v) is 2.87. The van der Waals surface area contributed by atoms with Crippen LogP contribution in [0, 0.1) is 6.92 Å². The van der Waals surface area contributed by atoms with Crippen LogP contribution in [0.4, 0.5) is 4.39 Å². The molecule has 0 N–H and O–H groups in total. The van der Waals surface area contributed by atoms with E-state index in [1.54, 1.807) is 13.8 Å². The quantitative estimate of drug-likeness (QED) is 0.459. The first-order chi connectivity index (χ1) is 13.2. The van der Waals surface area contributed by atoms with Gasteiger partial charge in [-0.15, -0.1) is 0 Å². The Bertz CT molecular complexity index is 903. The van der Waals surface area contributed by atoms with Gasteiger partial charge in [0.15, 0.2) is 0 Å². The van der Waals surface area contributed by atoms with Gasteiger partial charge >= 0.3 is 0 Å². The van der Waals surface area contributed by atoms with Crippen LogP contribution in [-0.2, 0) is 12.1 Å². The van der Waals surface area contributed by atoms with Crippen molar-refractivity contribution in [2.45, 2.75) is 46.7 Å². The second kappa shape index (κ2) is 9.45. The first-order valence-electron chi connectivity index (χ1n) is 9.68. The van der Waals surface area contributed by atoms with E-state index in [0.717, 1.165) is 34.4 Å². The van der Waals surface area contributed by atoms with Gasteiger partial charge in [-0.2, -0.15) is 0 Å². The van der Waals surface area contributed by atoms with Gasteiger partial charge in [0.05, 0.1) is 5.69 Å². The highest BCUT2D eigenvalue weighted by atomic mass is 19.1. The van der Waals surface area contributed by atoms with Crippen molar-refractivity contribution in [3.63, 3.8) is 0 Å². The minimum absolute atomic E-state index is 0.782. The maximum Gasteiger partial charge on any atom is 0.130 e. The predicted octanol–water partition coefficient (Wildman–Crippen LogP) is 7.54. The van der Waals surface area contributed by atoms with Gasteiger partial charge in [0.25, 0.3) is 0 Å². The molecule has 0 aliphatic carbocycles. The lowest BCUT2D eigenvalue weighted by molar-refractivity contribution is 0.221. The van der Waals surface area contributed by atoms with Crippen LogP contribution in [0.15, 0.2) is 73.4 Å². The van der Waals surface area contributed by atoms with Crippen LogP contribution in [0.1, 0.15) is 49.9 Å². The number of hydrogen-bond donors (Lipinski definition) is 0. The van der Waals surface area contributed by atoms with E-state index >= 15 is 0 Å². The molecule has 0 bridgehead atoms. The molecule has 0 aliphatic rings. The molecule has 3 aromatic rings. The number of aromatic nitrogens is 1. The molecular formula is C26H30FN. The zero-order chi connectivity index (χ0) is 20.7. The maximum absolute atomic E-state index is 13.6. The molecule has 28 heavy (non-hydrogen) atoms. The maximum atomic E-state index is 13.6. The van der Waals surface area contributed by atoms with E-state index in [0.29, 0.717) is 0 Å². The van der Waals surface area contributed by atoms with Crippen molar-refractivity contribution in [3.05, 3.63) is 95.7 Å². The molecule has 1 heterocycles. The summed E-state index contributed by atoms with van der Waals surface area (Å²) >= 11 is 0. The minimum Gasteiger partial charge on any atom is -0.256 e. The second-order valence-electron chi connectivity index (χ2n) is 7.61. The topological polar surface area (TPSA) is 12.9 Å². The van der Waals surface area contributed by atoms with Gasteiger partial charge < -0.3 is 0 Å². The van der Waals surface area contributed by atoms with Crippen LogP contribution in [0.5, 0.6) is 0 Å². The lowest BCUT2D eigenvalue weighted by atomic mass is 9.95. The molecule has 0 radical (unpaired) electrons. The third kappa shape index (κ3) is 6.16. The average molecular weight is 376 g/mol. The van der Waals surface area contributed by atoms with Crippen molar-refractivity contribution in [3.8, 4) is 11.3 Å². The van der Waals surface area contributed by atoms with Gasteiger partial charge in [-0.1, -0.05) is 73.2 Å². The normalized spacial score (nSPS) is 10.8. The fraction of sp³-hybridized carbons (Fsp3) is 0.269. The van der Waals surface area contributed by atoms with Gasteiger partial charge in [-0.25, -0.2) is 4.39 Å².